The number of rotatable bonds is 7. The van der Waals surface area contributed by atoms with Gasteiger partial charge in [-0.1, -0.05) is 68.9 Å². The van der Waals surface area contributed by atoms with Gasteiger partial charge < -0.3 is 2.85 Å². The van der Waals surface area contributed by atoms with E-state index in [9.17, 15) is 0 Å². The molecule has 0 nitrogen and oxygen atoms in total. The zero-order valence-electron chi connectivity index (χ0n) is 13.0. The van der Waals surface area contributed by atoms with Crippen LogP contribution in [0.15, 0.2) is 24.3 Å². The minimum Gasteiger partial charge on any atom is -1.00 e. The summed E-state index contributed by atoms with van der Waals surface area (Å²) in [4.78, 5) is 0. The van der Waals surface area contributed by atoms with Crippen molar-refractivity contribution in [3.63, 3.8) is 0 Å². The van der Waals surface area contributed by atoms with Crippen LogP contribution in [-0.4, -0.2) is 23.1 Å². The minimum absolute atomic E-state index is 0. The second-order valence-electron chi connectivity index (χ2n) is 4.50. The summed E-state index contributed by atoms with van der Waals surface area (Å²) >= 11 is 0. The molecule has 0 N–H and O–H groups in total. The van der Waals surface area contributed by atoms with E-state index < -0.39 is 0 Å². The molecule has 0 aliphatic heterocycles. The molecule has 88 valence electrons. The Hall–Kier alpha value is -0.0138. The molecule has 0 spiro atoms. The summed E-state index contributed by atoms with van der Waals surface area (Å²) in [6.07, 6.45) is 9.60. The Morgan fingerprint density at radius 1 is 0.875 bits per heavy atom. The molecule has 1 aromatic carbocycles. The zero-order valence-corrected chi connectivity index (χ0v) is 12.4. The first-order valence-electron chi connectivity index (χ1n) is 6.38. The Labute approximate surface area is 120 Å². The van der Waals surface area contributed by atoms with Crippen LogP contribution in [0.1, 0.15) is 59.4 Å². The van der Waals surface area contributed by atoms with E-state index in [1.807, 2.05) is 0 Å². The molecule has 0 radical (unpaired) electrons. The van der Waals surface area contributed by atoms with Crippen LogP contribution in [0, 0.1) is 6.92 Å². The van der Waals surface area contributed by atoms with Crippen molar-refractivity contribution in [3.8, 4) is 0 Å². The Balaban J connectivity index is -0.000000750. The summed E-state index contributed by atoms with van der Waals surface area (Å²) in [5.74, 6) is 0. The summed E-state index contributed by atoms with van der Waals surface area (Å²) in [6, 6.07) is 8.96. The third kappa shape index (κ3) is 7.29. The van der Waals surface area contributed by atoms with Crippen LogP contribution in [0.5, 0.6) is 0 Å². The quantitative estimate of drug-likeness (QED) is 0.469. The molecule has 0 aromatic heterocycles. The number of aryl methyl sites for hydroxylation is 2. The number of unbranched alkanes of at least 4 members (excludes halogenated alkanes) is 5. The second-order valence-corrected chi connectivity index (χ2v) is 4.50. The van der Waals surface area contributed by atoms with Gasteiger partial charge in [0.25, 0.3) is 0 Å². The van der Waals surface area contributed by atoms with Gasteiger partial charge in [0.2, 0.25) is 0 Å². The van der Waals surface area contributed by atoms with Crippen LogP contribution < -0.4 is 0 Å². The van der Waals surface area contributed by atoms with Crippen molar-refractivity contribution in [1.82, 2.24) is 0 Å². The van der Waals surface area contributed by atoms with E-state index >= 15 is 0 Å². The maximum Gasteiger partial charge on any atom is 2.00 e. The average molecular weight is 231 g/mol. The predicted molar refractivity (Wildman–Crippen MR) is 76.2 cm³/mol. The van der Waals surface area contributed by atoms with E-state index in [0.717, 1.165) is 0 Å². The van der Waals surface area contributed by atoms with Gasteiger partial charge in [-0.25, -0.2) is 0 Å². The fourth-order valence-corrected chi connectivity index (χ4v) is 1.86. The molecule has 0 heterocycles. The Morgan fingerprint density at radius 2 is 1.44 bits per heavy atom. The summed E-state index contributed by atoms with van der Waals surface area (Å²) in [6.45, 7) is 4.42. The van der Waals surface area contributed by atoms with Gasteiger partial charge in [-0.15, -0.1) is 0 Å². The molecule has 0 saturated carbocycles. The van der Waals surface area contributed by atoms with Crippen molar-refractivity contribution >= 4 is 23.1 Å². The van der Waals surface area contributed by atoms with Gasteiger partial charge in [0.1, 0.15) is 0 Å². The zero-order chi connectivity index (χ0) is 10.9. The maximum absolute atomic E-state index is 2.27. The number of hydrogen-bond acceptors (Lipinski definition) is 0. The molecule has 1 heteroatoms. The molecule has 0 aliphatic rings. The molecule has 0 fully saturated rings. The molecular weight excluding hydrogens is 204 g/mol. The summed E-state index contributed by atoms with van der Waals surface area (Å²) in [5, 5.41) is 0. The van der Waals surface area contributed by atoms with Gasteiger partial charge in [-0.3, -0.25) is 0 Å². The van der Waals surface area contributed by atoms with E-state index in [2.05, 4.69) is 38.1 Å². The largest absolute Gasteiger partial charge is 2.00 e. The molecule has 0 amide bonds. The molecule has 0 unspecified atom stereocenters. The van der Waals surface area contributed by atoms with E-state index in [1.165, 1.54) is 56.1 Å². The number of benzene rings is 1. The van der Waals surface area contributed by atoms with E-state index in [-0.39, 0.29) is 25.9 Å². The van der Waals surface area contributed by atoms with Crippen molar-refractivity contribution < 1.29 is 2.85 Å². The van der Waals surface area contributed by atoms with Gasteiger partial charge >= 0.3 is 23.1 Å². The van der Waals surface area contributed by atoms with Crippen LogP contribution in [0.2, 0.25) is 0 Å². The van der Waals surface area contributed by atoms with Gasteiger partial charge in [0.15, 0.2) is 0 Å². The van der Waals surface area contributed by atoms with Gasteiger partial charge in [-0.2, -0.15) is 0 Å². The Kier molecular flexibility index (Phi) is 10.2. The van der Waals surface area contributed by atoms with E-state index in [1.54, 1.807) is 0 Å². The summed E-state index contributed by atoms with van der Waals surface area (Å²) in [7, 11) is 0. The summed E-state index contributed by atoms with van der Waals surface area (Å²) < 4.78 is 0. The van der Waals surface area contributed by atoms with Crippen molar-refractivity contribution in [2.24, 2.45) is 0 Å². The Morgan fingerprint density at radius 3 is 2.06 bits per heavy atom. The fraction of sp³-hybridized carbons (Fsp3) is 0.600. The van der Waals surface area contributed by atoms with Gasteiger partial charge in [-0.05, 0) is 25.3 Å². The standard InChI is InChI=1S/C15H24.Mg.2H/c1-3-4-5-6-7-8-9-15-12-10-14(2)11-13-15;;;/h10-13H,3-9H2,1-2H3;;;/q;+2;2*-1. The maximum atomic E-state index is 2.27. The molecule has 0 bridgehead atoms. The number of hydrogen-bond donors (Lipinski definition) is 0. The molecule has 16 heavy (non-hydrogen) atoms. The van der Waals surface area contributed by atoms with Gasteiger partial charge in [0, 0.05) is 0 Å². The molecule has 0 atom stereocenters. The van der Waals surface area contributed by atoms with Crippen LogP contribution in [0.4, 0.5) is 0 Å². The molecule has 0 saturated heterocycles. The first-order valence-corrected chi connectivity index (χ1v) is 6.38. The SMILES string of the molecule is CCCCCCCCc1ccc(C)cc1.[H-].[H-].[Mg+2]. The van der Waals surface area contributed by atoms with Crippen molar-refractivity contribution in [3.05, 3.63) is 35.4 Å². The summed E-state index contributed by atoms with van der Waals surface area (Å²) in [5.41, 5.74) is 2.86. The third-order valence-electron chi connectivity index (χ3n) is 2.94. The first kappa shape index (κ1) is 16.0. The van der Waals surface area contributed by atoms with Crippen LogP contribution in [-0.2, 0) is 6.42 Å². The van der Waals surface area contributed by atoms with Crippen molar-refractivity contribution in [1.29, 1.82) is 0 Å². The molecule has 0 aliphatic carbocycles. The van der Waals surface area contributed by atoms with E-state index in [0.29, 0.717) is 0 Å². The predicted octanol–water partition coefficient (Wildman–Crippen LogP) is 4.74. The second kappa shape index (κ2) is 10.2. The van der Waals surface area contributed by atoms with E-state index in [4.69, 9.17) is 0 Å². The Bertz CT molecular complexity index is 260. The van der Waals surface area contributed by atoms with Crippen molar-refractivity contribution in [2.45, 2.75) is 58.8 Å². The van der Waals surface area contributed by atoms with Crippen molar-refractivity contribution in [2.75, 3.05) is 0 Å². The third-order valence-corrected chi connectivity index (χ3v) is 2.94. The normalized spacial score (nSPS) is 9.88. The smallest absolute Gasteiger partial charge is 1.00 e. The van der Waals surface area contributed by atoms with Crippen LogP contribution in [0.3, 0.4) is 0 Å². The van der Waals surface area contributed by atoms with Crippen LogP contribution in [0.25, 0.3) is 0 Å². The first-order chi connectivity index (χ1) is 7.33. The molecular formula is C15H26Mg. The molecule has 1 aromatic rings. The average Bonchev–Trinajstić information content (AvgIpc) is 2.26. The minimum atomic E-state index is 0. The van der Waals surface area contributed by atoms with Crippen LogP contribution >= 0.6 is 0 Å². The molecule has 1 rings (SSSR count). The fourth-order valence-electron chi connectivity index (χ4n) is 1.86. The van der Waals surface area contributed by atoms with Gasteiger partial charge in [0.05, 0.1) is 0 Å². The topological polar surface area (TPSA) is 0 Å². The monoisotopic (exact) mass is 230 g/mol.